The molecule has 1 atom stereocenters. The van der Waals surface area contributed by atoms with Crippen molar-refractivity contribution in [1.29, 1.82) is 0 Å². The third-order valence-corrected chi connectivity index (χ3v) is 2.54. The molecule has 90 valence electrons. The first-order valence-electron chi connectivity index (χ1n) is 5.06. The van der Waals surface area contributed by atoms with E-state index in [4.69, 9.17) is 4.74 Å². The van der Waals surface area contributed by atoms with Crippen molar-refractivity contribution in [2.75, 3.05) is 0 Å². The second kappa shape index (κ2) is 4.86. The number of nitrogens with one attached hydrogen (secondary N) is 1. The molecule has 5 nitrogen and oxygen atoms in total. The second-order valence-corrected chi connectivity index (χ2v) is 5.80. The van der Waals surface area contributed by atoms with Gasteiger partial charge in [0, 0.05) is 0 Å². The molecule has 0 bridgehead atoms. The number of carbonyl (C=O) groups is 1. The number of nitrogens with zero attached hydrogens (tertiary/aromatic N) is 2. The van der Waals surface area contributed by atoms with Crippen LogP contribution in [0.15, 0.2) is 5.16 Å². The standard InChI is InChI=1S/C10H17N3O2S/c1-6(8(14)15-10(3,4)5)16-9-11-7(2)12-13-9/h6H,1-5H3,(H,11,12,13). The third-order valence-electron chi connectivity index (χ3n) is 1.60. The summed E-state index contributed by atoms with van der Waals surface area (Å²) in [6.07, 6.45) is 0. The van der Waals surface area contributed by atoms with Gasteiger partial charge in [-0.25, -0.2) is 4.98 Å². The van der Waals surface area contributed by atoms with E-state index >= 15 is 0 Å². The number of hydrogen-bond acceptors (Lipinski definition) is 5. The van der Waals surface area contributed by atoms with Gasteiger partial charge in [-0.2, -0.15) is 0 Å². The van der Waals surface area contributed by atoms with Gasteiger partial charge >= 0.3 is 5.97 Å². The van der Waals surface area contributed by atoms with Crippen molar-refractivity contribution in [3.05, 3.63) is 5.82 Å². The molecule has 16 heavy (non-hydrogen) atoms. The van der Waals surface area contributed by atoms with E-state index in [2.05, 4.69) is 15.2 Å². The largest absolute Gasteiger partial charge is 0.459 e. The molecule has 6 heteroatoms. The van der Waals surface area contributed by atoms with Gasteiger partial charge < -0.3 is 4.74 Å². The Hall–Kier alpha value is -1.04. The predicted octanol–water partition coefficient (Wildman–Crippen LogP) is 1.94. The first-order valence-corrected chi connectivity index (χ1v) is 5.94. The van der Waals surface area contributed by atoms with E-state index in [1.54, 1.807) is 6.92 Å². The lowest BCUT2D eigenvalue weighted by Gasteiger charge is -2.21. The summed E-state index contributed by atoms with van der Waals surface area (Å²) in [5, 5.41) is 6.94. The minimum Gasteiger partial charge on any atom is -0.459 e. The molecule has 0 saturated carbocycles. The molecule has 0 radical (unpaired) electrons. The van der Waals surface area contributed by atoms with Gasteiger partial charge in [0.05, 0.1) is 0 Å². The van der Waals surface area contributed by atoms with E-state index < -0.39 is 5.60 Å². The van der Waals surface area contributed by atoms with E-state index in [9.17, 15) is 4.79 Å². The quantitative estimate of drug-likeness (QED) is 0.649. The molecule has 0 aliphatic heterocycles. The van der Waals surface area contributed by atoms with Crippen molar-refractivity contribution in [2.24, 2.45) is 0 Å². The number of aromatic amines is 1. The van der Waals surface area contributed by atoms with Gasteiger partial charge in [-0.05, 0) is 34.6 Å². The van der Waals surface area contributed by atoms with Crippen LogP contribution in [0.3, 0.4) is 0 Å². The van der Waals surface area contributed by atoms with Crippen LogP contribution in [-0.4, -0.2) is 32.0 Å². The SMILES string of the molecule is Cc1nc(SC(C)C(=O)OC(C)(C)C)n[nH]1. The molecular weight excluding hydrogens is 226 g/mol. The summed E-state index contributed by atoms with van der Waals surface area (Å²) in [7, 11) is 0. The molecule has 1 aromatic rings. The fraction of sp³-hybridized carbons (Fsp3) is 0.700. The number of rotatable bonds is 3. The van der Waals surface area contributed by atoms with Gasteiger partial charge in [0.2, 0.25) is 5.16 Å². The normalized spacial score (nSPS) is 13.6. The summed E-state index contributed by atoms with van der Waals surface area (Å²) in [4.78, 5) is 15.8. The van der Waals surface area contributed by atoms with E-state index in [-0.39, 0.29) is 11.2 Å². The van der Waals surface area contributed by atoms with Crippen LogP contribution in [0.2, 0.25) is 0 Å². The van der Waals surface area contributed by atoms with Gasteiger partial charge in [-0.1, -0.05) is 11.8 Å². The van der Waals surface area contributed by atoms with Gasteiger partial charge in [0.15, 0.2) is 0 Å². The van der Waals surface area contributed by atoms with Crippen LogP contribution >= 0.6 is 11.8 Å². The van der Waals surface area contributed by atoms with Crippen LogP contribution in [0.1, 0.15) is 33.5 Å². The molecule has 0 fully saturated rings. The molecule has 0 spiro atoms. The Morgan fingerprint density at radius 1 is 1.50 bits per heavy atom. The van der Waals surface area contributed by atoms with Gasteiger partial charge in [0.1, 0.15) is 16.7 Å². The molecule has 1 aromatic heterocycles. The number of thioether (sulfide) groups is 1. The maximum Gasteiger partial charge on any atom is 0.319 e. The van der Waals surface area contributed by atoms with Gasteiger partial charge in [-0.15, -0.1) is 5.10 Å². The van der Waals surface area contributed by atoms with Crippen LogP contribution in [0.25, 0.3) is 0 Å². The van der Waals surface area contributed by atoms with Crippen LogP contribution in [0.5, 0.6) is 0 Å². The Morgan fingerprint density at radius 2 is 2.12 bits per heavy atom. The Balaban J connectivity index is 2.52. The molecule has 0 saturated heterocycles. The third kappa shape index (κ3) is 4.22. The Kier molecular flexibility index (Phi) is 3.96. The van der Waals surface area contributed by atoms with Crippen molar-refractivity contribution < 1.29 is 9.53 Å². The molecular formula is C10H17N3O2S. The Morgan fingerprint density at radius 3 is 2.56 bits per heavy atom. The van der Waals surface area contributed by atoms with Gasteiger partial charge in [0.25, 0.3) is 0 Å². The highest BCUT2D eigenvalue weighted by atomic mass is 32.2. The van der Waals surface area contributed by atoms with Crippen molar-refractivity contribution in [2.45, 2.75) is 50.6 Å². The second-order valence-electron chi connectivity index (χ2n) is 4.50. The highest BCUT2D eigenvalue weighted by Crippen LogP contribution is 2.21. The maximum absolute atomic E-state index is 11.7. The van der Waals surface area contributed by atoms with E-state index in [1.807, 2.05) is 27.7 Å². The van der Waals surface area contributed by atoms with E-state index in [1.165, 1.54) is 11.8 Å². The minimum atomic E-state index is -0.458. The average Bonchev–Trinajstić information content (AvgIpc) is 2.48. The number of esters is 1. The number of hydrogen-bond donors (Lipinski definition) is 1. The number of aryl methyl sites for hydroxylation is 1. The zero-order chi connectivity index (χ0) is 12.3. The van der Waals surface area contributed by atoms with Crippen molar-refractivity contribution in [1.82, 2.24) is 15.2 Å². The summed E-state index contributed by atoms with van der Waals surface area (Å²) in [5.74, 6) is 0.485. The van der Waals surface area contributed by atoms with Crippen LogP contribution < -0.4 is 0 Å². The molecule has 1 unspecified atom stereocenters. The first kappa shape index (κ1) is 13.0. The van der Waals surface area contributed by atoms with Crippen LogP contribution in [0, 0.1) is 6.92 Å². The smallest absolute Gasteiger partial charge is 0.319 e. The molecule has 0 aliphatic carbocycles. The zero-order valence-corrected chi connectivity index (χ0v) is 11.0. The predicted molar refractivity (Wildman–Crippen MR) is 62.3 cm³/mol. The monoisotopic (exact) mass is 243 g/mol. The van der Waals surface area contributed by atoms with Crippen molar-refractivity contribution in [3.63, 3.8) is 0 Å². The summed E-state index contributed by atoms with van der Waals surface area (Å²) in [6, 6.07) is 0. The zero-order valence-electron chi connectivity index (χ0n) is 10.2. The van der Waals surface area contributed by atoms with E-state index in [0.717, 1.165) is 5.82 Å². The highest BCUT2D eigenvalue weighted by molar-refractivity contribution is 8.00. The van der Waals surface area contributed by atoms with Gasteiger partial charge in [-0.3, -0.25) is 9.89 Å². The summed E-state index contributed by atoms with van der Waals surface area (Å²) in [6.45, 7) is 9.14. The number of aromatic nitrogens is 3. The molecule has 0 amide bonds. The minimum absolute atomic E-state index is 0.250. The molecule has 1 N–H and O–H groups in total. The van der Waals surface area contributed by atoms with Crippen molar-refractivity contribution >= 4 is 17.7 Å². The molecule has 1 rings (SSSR count). The molecule has 0 aromatic carbocycles. The van der Waals surface area contributed by atoms with E-state index in [0.29, 0.717) is 5.16 Å². The maximum atomic E-state index is 11.7. The number of carbonyl (C=O) groups excluding carboxylic acids is 1. The van der Waals surface area contributed by atoms with Crippen LogP contribution in [-0.2, 0) is 9.53 Å². The lowest BCUT2D eigenvalue weighted by atomic mass is 10.2. The summed E-state index contributed by atoms with van der Waals surface area (Å²) < 4.78 is 5.25. The van der Waals surface area contributed by atoms with Crippen molar-refractivity contribution in [3.8, 4) is 0 Å². The number of H-pyrrole nitrogens is 1. The molecule has 1 heterocycles. The fourth-order valence-corrected chi connectivity index (χ4v) is 1.71. The highest BCUT2D eigenvalue weighted by Gasteiger charge is 2.23. The summed E-state index contributed by atoms with van der Waals surface area (Å²) >= 11 is 1.29. The fourth-order valence-electron chi connectivity index (χ4n) is 0.966. The first-order chi connectivity index (χ1) is 7.28. The van der Waals surface area contributed by atoms with Crippen LogP contribution in [0.4, 0.5) is 0 Å². The lowest BCUT2D eigenvalue weighted by molar-refractivity contribution is -0.153. The lowest BCUT2D eigenvalue weighted by Crippen LogP contribution is -2.28. The summed E-state index contributed by atoms with van der Waals surface area (Å²) in [5.41, 5.74) is -0.458. The molecule has 0 aliphatic rings. The number of ether oxygens (including phenoxy) is 1. The Labute approximate surface area is 99.4 Å². The average molecular weight is 243 g/mol. The topological polar surface area (TPSA) is 67.9 Å². The Bertz CT molecular complexity index is 370.